The minimum atomic E-state index is -0.199. The van der Waals surface area contributed by atoms with Crippen molar-refractivity contribution in [2.45, 2.75) is 31.7 Å². The van der Waals surface area contributed by atoms with Crippen LogP contribution in [0.25, 0.3) is 0 Å². The SMILES string of the molecule is CCCNC(=O)C1(NC)CC1. The first-order valence-electron chi connectivity index (χ1n) is 4.22. The maximum absolute atomic E-state index is 11.3. The van der Waals surface area contributed by atoms with Crippen LogP contribution in [0.4, 0.5) is 0 Å². The van der Waals surface area contributed by atoms with Gasteiger partial charge in [0.15, 0.2) is 0 Å². The zero-order chi connectivity index (χ0) is 8.32. The van der Waals surface area contributed by atoms with Crippen LogP contribution in [0.5, 0.6) is 0 Å². The topological polar surface area (TPSA) is 41.1 Å². The molecule has 0 aromatic heterocycles. The van der Waals surface area contributed by atoms with Gasteiger partial charge >= 0.3 is 0 Å². The predicted octanol–water partition coefficient (Wildman–Crippen LogP) is 0.265. The molecule has 3 heteroatoms. The van der Waals surface area contributed by atoms with E-state index in [4.69, 9.17) is 0 Å². The highest BCUT2D eigenvalue weighted by Gasteiger charge is 2.48. The van der Waals surface area contributed by atoms with Gasteiger partial charge in [0.05, 0.1) is 5.54 Å². The molecule has 64 valence electrons. The zero-order valence-corrected chi connectivity index (χ0v) is 7.24. The highest BCUT2D eigenvalue weighted by Crippen LogP contribution is 2.34. The van der Waals surface area contributed by atoms with Gasteiger partial charge < -0.3 is 10.6 Å². The van der Waals surface area contributed by atoms with E-state index in [9.17, 15) is 4.79 Å². The van der Waals surface area contributed by atoms with Crippen LogP contribution in [0.3, 0.4) is 0 Å². The number of nitrogens with one attached hydrogen (secondary N) is 2. The molecule has 0 saturated heterocycles. The summed E-state index contributed by atoms with van der Waals surface area (Å²) in [5.74, 6) is 0.168. The van der Waals surface area contributed by atoms with Crippen LogP contribution < -0.4 is 10.6 Å². The maximum Gasteiger partial charge on any atom is 0.240 e. The summed E-state index contributed by atoms with van der Waals surface area (Å²) in [5.41, 5.74) is -0.199. The largest absolute Gasteiger partial charge is 0.355 e. The quantitative estimate of drug-likeness (QED) is 0.613. The average molecular weight is 156 g/mol. The van der Waals surface area contributed by atoms with Gasteiger partial charge in [0, 0.05) is 6.54 Å². The molecule has 1 amide bonds. The molecule has 11 heavy (non-hydrogen) atoms. The molecule has 1 saturated carbocycles. The molecule has 1 aliphatic rings. The third-order valence-electron chi connectivity index (χ3n) is 2.20. The summed E-state index contributed by atoms with van der Waals surface area (Å²) in [4.78, 5) is 11.3. The van der Waals surface area contributed by atoms with Crippen molar-refractivity contribution in [3.8, 4) is 0 Å². The van der Waals surface area contributed by atoms with E-state index in [1.165, 1.54) is 0 Å². The maximum atomic E-state index is 11.3. The number of hydrogen-bond acceptors (Lipinski definition) is 2. The van der Waals surface area contributed by atoms with Crippen LogP contribution in [0.2, 0.25) is 0 Å². The van der Waals surface area contributed by atoms with E-state index in [2.05, 4.69) is 17.6 Å². The van der Waals surface area contributed by atoms with Crippen molar-refractivity contribution in [2.75, 3.05) is 13.6 Å². The molecule has 0 unspecified atom stereocenters. The molecule has 0 radical (unpaired) electrons. The highest BCUT2D eigenvalue weighted by atomic mass is 16.2. The summed E-state index contributed by atoms with van der Waals surface area (Å²) < 4.78 is 0. The summed E-state index contributed by atoms with van der Waals surface area (Å²) >= 11 is 0. The van der Waals surface area contributed by atoms with Crippen LogP contribution in [0.15, 0.2) is 0 Å². The van der Waals surface area contributed by atoms with E-state index >= 15 is 0 Å². The van der Waals surface area contributed by atoms with Crippen molar-refractivity contribution in [3.05, 3.63) is 0 Å². The fourth-order valence-electron chi connectivity index (χ4n) is 1.12. The number of amides is 1. The number of carbonyl (C=O) groups is 1. The summed E-state index contributed by atoms with van der Waals surface area (Å²) in [6.45, 7) is 2.85. The van der Waals surface area contributed by atoms with Crippen LogP contribution in [-0.4, -0.2) is 25.0 Å². The number of likely N-dealkylation sites (N-methyl/N-ethyl adjacent to an activating group) is 1. The smallest absolute Gasteiger partial charge is 0.240 e. The molecule has 0 heterocycles. The first-order chi connectivity index (χ1) is 5.25. The zero-order valence-electron chi connectivity index (χ0n) is 7.24. The molecule has 0 spiro atoms. The Labute approximate surface area is 67.5 Å². The van der Waals surface area contributed by atoms with Gasteiger partial charge in [-0.05, 0) is 26.3 Å². The van der Waals surface area contributed by atoms with E-state index < -0.39 is 0 Å². The standard InChI is InChI=1S/C8H16N2O/c1-3-6-10-7(11)8(9-2)4-5-8/h9H,3-6H2,1-2H3,(H,10,11). The Balaban J connectivity index is 2.29. The lowest BCUT2D eigenvalue weighted by Gasteiger charge is -2.12. The fourth-order valence-corrected chi connectivity index (χ4v) is 1.12. The van der Waals surface area contributed by atoms with Crippen LogP contribution in [0.1, 0.15) is 26.2 Å². The Kier molecular flexibility index (Phi) is 2.49. The molecule has 1 fully saturated rings. The second-order valence-corrected chi connectivity index (χ2v) is 3.09. The number of rotatable bonds is 4. The van der Waals surface area contributed by atoms with E-state index in [1.807, 2.05) is 7.05 Å². The molecule has 1 aliphatic carbocycles. The van der Waals surface area contributed by atoms with Crippen LogP contribution >= 0.6 is 0 Å². The van der Waals surface area contributed by atoms with E-state index in [0.717, 1.165) is 25.8 Å². The van der Waals surface area contributed by atoms with Gasteiger partial charge in [0.2, 0.25) is 5.91 Å². The first kappa shape index (κ1) is 8.53. The third kappa shape index (κ3) is 1.71. The van der Waals surface area contributed by atoms with Gasteiger partial charge in [-0.3, -0.25) is 4.79 Å². The summed E-state index contributed by atoms with van der Waals surface area (Å²) in [6, 6.07) is 0. The molecule has 2 N–H and O–H groups in total. The highest BCUT2D eigenvalue weighted by molar-refractivity contribution is 5.89. The normalized spacial score (nSPS) is 19.5. The molecule has 0 aromatic rings. The Hall–Kier alpha value is -0.570. The lowest BCUT2D eigenvalue weighted by Crippen LogP contribution is -2.44. The monoisotopic (exact) mass is 156 g/mol. The molecule has 1 rings (SSSR count). The second-order valence-electron chi connectivity index (χ2n) is 3.09. The van der Waals surface area contributed by atoms with Gasteiger partial charge in [-0.1, -0.05) is 6.92 Å². The molecule has 0 aliphatic heterocycles. The summed E-state index contributed by atoms with van der Waals surface area (Å²) in [7, 11) is 1.85. The minimum Gasteiger partial charge on any atom is -0.355 e. The first-order valence-corrected chi connectivity index (χ1v) is 4.22. The van der Waals surface area contributed by atoms with Crippen molar-refractivity contribution in [3.63, 3.8) is 0 Å². The van der Waals surface area contributed by atoms with E-state index in [0.29, 0.717) is 0 Å². The van der Waals surface area contributed by atoms with Crippen molar-refractivity contribution in [2.24, 2.45) is 0 Å². The van der Waals surface area contributed by atoms with Gasteiger partial charge in [0.1, 0.15) is 0 Å². The molecule has 0 atom stereocenters. The van der Waals surface area contributed by atoms with Crippen molar-refractivity contribution >= 4 is 5.91 Å². The molecular weight excluding hydrogens is 140 g/mol. The Bertz CT molecular complexity index is 152. The summed E-state index contributed by atoms with van der Waals surface area (Å²) in [5, 5.41) is 5.93. The lowest BCUT2D eigenvalue weighted by molar-refractivity contribution is -0.124. The van der Waals surface area contributed by atoms with Gasteiger partial charge in [-0.15, -0.1) is 0 Å². The van der Waals surface area contributed by atoms with E-state index in [1.54, 1.807) is 0 Å². The average Bonchev–Trinajstić information content (AvgIpc) is 2.80. The molecule has 0 bridgehead atoms. The molecule has 3 nitrogen and oxygen atoms in total. The van der Waals surface area contributed by atoms with Crippen molar-refractivity contribution in [1.82, 2.24) is 10.6 Å². The van der Waals surface area contributed by atoms with Gasteiger partial charge in [0.25, 0.3) is 0 Å². The Morgan fingerprint density at radius 1 is 1.55 bits per heavy atom. The van der Waals surface area contributed by atoms with Crippen LogP contribution in [-0.2, 0) is 4.79 Å². The van der Waals surface area contributed by atoms with Gasteiger partial charge in [-0.25, -0.2) is 0 Å². The molecular formula is C8H16N2O. The second kappa shape index (κ2) is 3.22. The Morgan fingerprint density at radius 2 is 2.18 bits per heavy atom. The third-order valence-corrected chi connectivity index (χ3v) is 2.20. The van der Waals surface area contributed by atoms with Crippen molar-refractivity contribution in [1.29, 1.82) is 0 Å². The van der Waals surface area contributed by atoms with Crippen LogP contribution in [0, 0.1) is 0 Å². The lowest BCUT2D eigenvalue weighted by atomic mass is 10.2. The van der Waals surface area contributed by atoms with E-state index in [-0.39, 0.29) is 11.4 Å². The number of carbonyl (C=O) groups excluding carboxylic acids is 1. The summed E-state index contributed by atoms with van der Waals surface area (Å²) in [6.07, 6.45) is 2.98. The minimum absolute atomic E-state index is 0.168. The fraction of sp³-hybridized carbons (Fsp3) is 0.875. The molecule has 0 aromatic carbocycles. The Morgan fingerprint density at radius 3 is 2.55 bits per heavy atom. The number of hydrogen-bond donors (Lipinski definition) is 2. The predicted molar refractivity (Wildman–Crippen MR) is 44.3 cm³/mol. The van der Waals surface area contributed by atoms with Gasteiger partial charge in [-0.2, -0.15) is 0 Å². The van der Waals surface area contributed by atoms with Crippen molar-refractivity contribution < 1.29 is 4.79 Å².